The Morgan fingerprint density at radius 2 is 2.10 bits per heavy atom. The largest absolute Gasteiger partial charge is 0.326 e. The Bertz CT molecular complexity index is 647. The van der Waals surface area contributed by atoms with Gasteiger partial charge in [-0.3, -0.25) is 4.79 Å². The van der Waals surface area contributed by atoms with E-state index in [1.54, 1.807) is 18.0 Å². The Balaban J connectivity index is 2.01. The number of nitriles is 1. The molecule has 1 aromatic heterocycles. The maximum Gasteiger partial charge on any atom is 0.221 e. The standard InChI is InChI=1S/C15H13N3OS/c1-11(19)18-13-4-6-14(7-5-13)20-10-12-3-2-8-17-15(12)9-16/h2-8H,10H2,1H3,(H,18,19). The number of amides is 1. The third kappa shape index (κ3) is 3.84. The van der Waals surface area contributed by atoms with Crippen molar-refractivity contribution in [1.29, 1.82) is 5.26 Å². The third-order valence-corrected chi connectivity index (χ3v) is 3.63. The van der Waals surface area contributed by atoms with Gasteiger partial charge in [0.05, 0.1) is 0 Å². The van der Waals surface area contributed by atoms with Crippen LogP contribution in [0.15, 0.2) is 47.5 Å². The number of hydrogen-bond donors (Lipinski definition) is 1. The van der Waals surface area contributed by atoms with Crippen LogP contribution in [-0.4, -0.2) is 10.9 Å². The van der Waals surface area contributed by atoms with Crippen molar-refractivity contribution < 1.29 is 4.79 Å². The zero-order chi connectivity index (χ0) is 14.4. The highest BCUT2D eigenvalue weighted by molar-refractivity contribution is 7.98. The fourth-order valence-corrected chi connectivity index (χ4v) is 2.54. The smallest absolute Gasteiger partial charge is 0.221 e. The average Bonchev–Trinajstić information content (AvgIpc) is 2.46. The summed E-state index contributed by atoms with van der Waals surface area (Å²) in [6.07, 6.45) is 1.62. The first-order chi connectivity index (χ1) is 9.69. The highest BCUT2D eigenvalue weighted by Gasteiger charge is 2.03. The number of carbonyl (C=O) groups is 1. The van der Waals surface area contributed by atoms with Gasteiger partial charge in [0.15, 0.2) is 0 Å². The Kier molecular flexibility index (Phi) is 4.75. The van der Waals surface area contributed by atoms with Gasteiger partial charge in [-0.1, -0.05) is 6.07 Å². The van der Waals surface area contributed by atoms with Crippen molar-refractivity contribution in [3.8, 4) is 6.07 Å². The van der Waals surface area contributed by atoms with Crippen molar-refractivity contribution in [3.05, 3.63) is 53.9 Å². The van der Waals surface area contributed by atoms with Gasteiger partial charge in [-0.05, 0) is 35.9 Å². The van der Waals surface area contributed by atoms with E-state index >= 15 is 0 Å². The van der Waals surface area contributed by atoms with E-state index in [-0.39, 0.29) is 5.91 Å². The van der Waals surface area contributed by atoms with Crippen LogP contribution >= 0.6 is 11.8 Å². The van der Waals surface area contributed by atoms with Crippen LogP contribution in [-0.2, 0) is 10.5 Å². The van der Waals surface area contributed by atoms with E-state index < -0.39 is 0 Å². The van der Waals surface area contributed by atoms with Crippen molar-refractivity contribution in [1.82, 2.24) is 4.98 Å². The molecule has 2 aromatic rings. The summed E-state index contributed by atoms with van der Waals surface area (Å²) in [5.74, 6) is 0.607. The van der Waals surface area contributed by atoms with Gasteiger partial charge in [0, 0.05) is 29.5 Å². The summed E-state index contributed by atoms with van der Waals surface area (Å²) >= 11 is 1.63. The Morgan fingerprint density at radius 1 is 1.35 bits per heavy atom. The van der Waals surface area contributed by atoms with Crippen molar-refractivity contribution >= 4 is 23.4 Å². The molecule has 100 valence electrons. The first-order valence-corrected chi connectivity index (χ1v) is 7.02. The molecule has 4 nitrogen and oxygen atoms in total. The fourth-order valence-electron chi connectivity index (χ4n) is 1.65. The first kappa shape index (κ1) is 14.1. The molecular weight excluding hydrogens is 270 g/mol. The number of thioether (sulfide) groups is 1. The van der Waals surface area contributed by atoms with Gasteiger partial charge in [-0.25, -0.2) is 4.98 Å². The van der Waals surface area contributed by atoms with Crippen molar-refractivity contribution in [2.75, 3.05) is 5.32 Å². The molecule has 2 rings (SSSR count). The molecule has 1 amide bonds. The van der Waals surface area contributed by atoms with Crippen molar-refractivity contribution in [2.45, 2.75) is 17.6 Å². The highest BCUT2D eigenvalue weighted by atomic mass is 32.2. The molecule has 0 aliphatic carbocycles. The summed E-state index contributed by atoms with van der Waals surface area (Å²) in [7, 11) is 0. The predicted molar refractivity (Wildman–Crippen MR) is 79.3 cm³/mol. The van der Waals surface area contributed by atoms with Gasteiger partial charge in [-0.15, -0.1) is 11.8 Å². The molecule has 0 spiro atoms. The molecule has 1 heterocycles. The first-order valence-electron chi connectivity index (χ1n) is 6.03. The van der Waals surface area contributed by atoms with E-state index in [9.17, 15) is 4.79 Å². The van der Waals surface area contributed by atoms with Gasteiger partial charge in [0.1, 0.15) is 11.8 Å². The molecule has 0 bridgehead atoms. The van der Waals surface area contributed by atoms with Crippen LogP contribution in [0.5, 0.6) is 0 Å². The summed E-state index contributed by atoms with van der Waals surface area (Å²) in [6, 6.07) is 13.4. The Morgan fingerprint density at radius 3 is 2.75 bits per heavy atom. The maximum absolute atomic E-state index is 10.9. The summed E-state index contributed by atoms with van der Waals surface area (Å²) in [5.41, 5.74) is 2.17. The quantitative estimate of drug-likeness (QED) is 0.875. The number of aromatic nitrogens is 1. The number of rotatable bonds is 4. The second-order valence-corrected chi connectivity index (χ2v) is 5.17. The highest BCUT2D eigenvalue weighted by Crippen LogP contribution is 2.25. The molecule has 0 unspecified atom stereocenters. The minimum Gasteiger partial charge on any atom is -0.326 e. The number of benzene rings is 1. The van der Waals surface area contributed by atoms with Crippen LogP contribution in [0.25, 0.3) is 0 Å². The third-order valence-electron chi connectivity index (χ3n) is 2.57. The molecule has 0 saturated heterocycles. The van der Waals surface area contributed by atoms with Gasteiger partial charge in [-0.2, -0.15) is 5.26 Å². The van der Waals surface area contributed by atoms with E-state index in [0.29, 0.717) is 11.4 Å². The van der Waals surface area contributed by atoms with E-state index in [4.69, 9.17) is 5.26 Å². The minimum absolute atomic E-state index is 0.0839. The second-order valence-electron chi connectivity index (χ2n) is 4.12. The summed E-state index contributed by atoms with van der Waals surface area (Å²) in [4.78, 5) is 16.0. The lowest BCUT2D eigenvalue weighted by Gasteiger charge is -2.05. The number of carbonyl (C=O) groups excluding carboxylic acids is 1. The lowest BCUT2D eigenvalue weighted by atomic mass is 10.2. The zero-order valence-electron chi connectivity index (χ0n) is 11.0. The van der Waals surface area contributed by atoms with Gasteiger partial charge in [0.25, 0.3) is 0 Å². The topological polar surface area (TPSA) is 65.8 Å². The summed E-state index contributed by atoms with van der Waals surface area (Å²) in [6.45, 7) is 1.48. The molecule has 0 fully saturated rings. The molecule has 0 radical (unpaired) electrons. The number of anilines is 1. The SMILES string of the molecule is CC(=O)Nc1ccc(SCc2cccnc2C#N)cc1. The summed E-state index contributed by atoms with van der Waals surface area (Å²) in [5, 5.41) is 11.7. The van der Waals surface area contributed by atoms with E-state index in [1.807, 2.05) is 36.4 Å². The molecule has 1 aromatic carbocycles. The molecule has 20 heavy (non-hydrogen) atoms. The fraction of sp³-hybridized carbons (Fsp3) is 0.133. The van der Waals surface area contributed by atoms with Gasteiger partial charge in [0.2, 0.25) is 5.91 Å². The van der Waals surface area contributed by atoms with Crippen LogP contribution in [0.1, 0.15) is 18.2 Å². The number of nitrogens with zero attached hydrogens (tertiary/aromatic N) is 2. The van der Waals surface area contributed by atoms with E-state index in [2.05, 4.69) is 16.4 Å². The van der Waals surface area contributed by atoms with Crippen molar-refractivity contribution in [3.63, 3.8) is 0 Å². The van der Waals surface area contributed by atoms with E-state index in [0.717, 1.165) is 16.1 Å². The number of pyridine rings is 1. The number of hydrogen-bond acceptors (Lipinski definition) is 4. The van der Waals surface area contributed by atoms with E-state index in [1.165, 1.54) is 6.92 Å². The monoisotopic (exact) mass is 283 g/mol. The normalized spacial score (nSPS) is 9.80. The zero-order valence-corrected chi connectivity index (χ0v) is 11.8. The second kappa shape index (κ2) is 6.73. The Hall–Kier alpha value is -2.32. The minimum atomic E-state index is -0.0839. The van der Waals surface area contributed by atoms with Crippen LogP contribution in [0.4, 0.5) is 5.69 Å². The van der Waals surface area contributed by atoms with Crippen molar-refractivity contribution in [2.24, 2.45) is 0 Å². The molecule has 0 aliphatic heterocycles. The number of nitrogens with one attached hydrogen (secondary N) is 1. The molecular formula is C15H13N3OS. The van der Waals surface area contributed by atoms with Crippen LogP contribution < -0.4 is 5.32 Å². The van der Waals surface area contributed by atoms with Gasteiger partial charge >= 0.3 is 0 Å². The summed E-state index contributed by atoms with van der Waals surface area (Å²) < 4.78 is 0. The lowest BCUT2D eigenvalue weighted by molar-refractivity contribution is -0.114. The molecule has 0 saturated carbocycles. The molecule has 1 N–H and O–H groups in total. The lowest BCUT2D eigenvalue weighted by Crippen LogP contribution is -2.05. The van der Waals surface area contributed by atoms with Gasteiger partial charge < -0.3 is 5.32 Å². The molecule has 0 aliphatic rings. The molecule has 0 atom stereocenters. The van der Waals surface area contributed by atoms with Crippen LogP contribution in [0.3, 0.4) is 0 Å². The predicted octanol–water partition coefficient (Wildman–Crippen LogP) is 3.20. The molecule has 5 heteroatoms. The van der Waals surface area contributed by atoms with Crippen LogP contribution in [0.2, 0.25) is 0 Å². The average molecular weight is 283 g/mol. The van der Waals surface area contributed by atoms with Crippen LogP contribution in [0, 0.1) is 11.3 Å². The maximum atomic E-state index is 10.9. The Labute approximate surface area is 121 Å².